The SMILES string of the molecule is Cn1c(=O)n(C2CCC(=O)NC2=O)c2cccc(NCCCl)c21. The molecule has 1 atom stereocenters. The van der Waals surface area contributed by atoms with Crippen molar-refractivity contribution in [3.63, 3.8) is 0 Å². The third-order valence-electron chi connectivity index (χ3n) is 4.03. The van der Waals surface area contributed by atoms with Gasteiger partial charge in [0.25, 0.3) is 0 Å². The van der Waals surface area contributed by atoms with Gasteiger partial charge < -0.3 is 5.32 Å². The Morgan fingerprint density at radius 3 is 2.83 bits per heavy atom. The number of benzene rings is 1. The normalized spacial score (nSPS) is 18.3. The Bertz CT molecular complexity index is 839. The molecule has 7 nitrogen and oxygen atoms in total. The van der Waals surface area contributed by atoms with Crippen molar-refractivity contribution in [1.29, 1.82) is 0 Å². The summed E-state index contributed by atoms with van der Waals surface area (Å²) in [6.07, 6.45) is 0.548. The number of aromatic nitrogens is 2. The number of para-hydroxylation sites is 1. The fraction of sp³-hybridized carbons (Fsp3) is 0.400. The Hall–Kier alpha value is -2.28. The number of imidazole rings is 1. The Labute approximate surface area is 137 Å². The first kappa shape index (κ1) is 15.6. The van der Waals surface area contributed by atoms with Gasteiger partial charge >= 0.3 is 5.69 Å². The number of hydrogen-bond donors (Lipinski definition) is 2. The summed E-state index contributed by atoms with van der Waals surface area (Å²) in [5.41, 5.74) is 1.88. The third kappa shape index (κ3) is 2.61. The predicted molar refractivity (Wildman–Crippen MR) is 87.8 cm³/mol. The van der Waals surface area contributed by atoms with Crippen LogP contribution in [0.2, 0.25) is 0 Å². The van der Waals surface area contributed by atoms with E-state index in [0.717, 1.165) is 5.69 Å². The minimum Gasteiger partial charge on any atom is -0.382 e. The van der Waals surface area contributed by atoms with Crippen molar-refractivity contribution >= 4 is 40.1 Å². The Balaban J connectivity index is 2.15. The number of anilines is 1. The largest absolute Gasteiger partial charge is 0.382 e. The van der Waals surface area contributed by atoms with Crippen LogP contribution in [-0.2, 0) is 16.6 Å². The molecular formula is C15H17ClN4O3. The highest BCUT2D eigenvalue weighted by Gasteiger charge is 2.31. The second-order valence-corrected chi connectivity index (χ2v) is 5.85. The zero-order chi connectivity index (χ0) is 16.6. The van der Waals surface area contributed by atoms with Crippen LogP contribution in [0.3, 0.4) is 0 Å². The Morgan fingerprint density at radius 1 is 1.35 bits per heavy atom. The molecule has 8 heteroatoms. The number of aryl methyl sites for hydroxylation is 1. The van der Waals surface area contributed by atoms with Gasteiger partial charge in [-0.15, -0.1) is 11.6 Å². The summed E-state index contributed by atoms with van der Waals surface area (Å²) in [5.74, 6) is -0.294. The molecule has 1 unspecified atom stereocenters. The predicted octanol–water partition coefficient (Wildman–Crippen LogP) is 0.968. The van der Waals surface area contributed by atoms with Crippen LogP contribution in [0.5, 0.6) is 0 Å². The molecule has 2 amide bonds. The Kier molecular flexibility index (Phi) is 4.12. The van der Waals surface area contributed by atoms with Gasteiger partial charge in [0.05, 0.1) is 16.7 Å². The van der Waals surface area contributed by atoms with Gasteiger partial charge in [-0.1, -0.05) is 6.07 Å². The molecule has 2 aromatic rings. The summed E-state index contributed by atoms with van der Waals surface area (Å²) in [7, 11) is 1.67. The second kappa shape index (κ2) is 6.08. The summed E-state index contributed by atoms with van der Waals surface area (Å²) in [5, 5.41) is 5.48. The average molecular weight is 337 g/mol. The van der Waals surface area contributed by atoms with E-state index >= 15 is 0 Å². The molecule has 23 heavy (non-hydrogen) atoms. The molecule has 3 rings (SSSR count). The van der Waals surface area contributed by atoms with Crippen molar-refractivity contribution in [2.75, 3.05) is 17.7 Å². The van der Waals surface area contributed by atoms with Crippen molar-refractivity contribution in [3.8, 4) is 0 Å². The fourth-order valence-electron chi connectivity index (χ4n) is 2.99. The summed E-state index contributed by atoms with van der Waals surface area (Å²) < 4.78 is 2.97. The number of rotatable bonds is 4. The first-order valence-corrected chi connectivity index (χ1v) is 7.91. The monoisotopic (exact) mass is 336 g/mol. The van der Waals surface area contributed by atoms with Crippen LogP contribution in [0.4, 0.5) is 5.69 Å². The van der Waals surface area contributed by atoms with E-state index in [1.165, 1.54) is 9.13 Å². The number of carbonyl (C=O) groups is 2. The molecule has 1 aliphatic heterocycles. The number of nitrogens with zero attached hydrogens (tertiary/aromatic N) is 2. The Morgan fingerprint density at radius 2 is 2.13 bits per heavy atom. The summed E-state index contributed by atoms with van der Waals surface area (Å²) >= 11 is 5.71. The standard InChI is InChI=1S/C15H17ClN4O3/c1-19-13-9(17-8-7-16)3-2-4-10(13)20(15(19)23)11-5-6-12(21)18-14(11)22/h2-4,11,17H,5-8H2,1H3,(H,18,21,22). The maximum absolute atomic E-state index is 12.6. The van der Waals surface area contributed by atoms with E-state index in [1.807, 2.05) is 12.1 Å². The van der Waals surface area contributed by atoms with E-state index in [1.54, 1.807) is 13.1 Å². The lowest BCUT2D eigenvalue weighted by atomic mass is 10.1. The van der Waals surface area contributed by atoms with Crippen LogP contribution in [-0.4, -0.2) is 33.4 Å². The molecular weight excluding hydrogens is 320 g/mol. The molecule has 2 N–H and O–H groups in total. The number of amides is 2. The van der Waals surface area contributed by atoms with E-state index in [2.05, 4.69) is 10.6 Å². The van der Waals surface area contributed by atoms with Gasteiger partial charge in [-0.25, -0.2) is 4.79 Å². The van der Waals surface area contributed by atoms with Crippen LogP contribution in [0.25, 0.3) is 11.0 Å². The van der Waals surface area contributed by atoms with Gasteiger partial charge in [0.15, 0.2) is 0 Å². The summed E-state index contributed by atoms with van der Waals surface area (Å²) in [6.45, 7) is 0.568. The van der Waals surface area contributed by atoms with Gasteiger partial charge in [-0.3, -0.25) is 24.0 Å². The topological polar surface area (TPSA) is 85.1 Å². The van der Waals surface area contributed by atoms with Gasteiger partial charge in [-0.05, 0) is 18.6 Å². The molecule has 1 aromatic carbocycles. The second-order valence-electron chi connectivity index (χ2n) is 5.47. The van der Waals surface area contributed by atoms with Crippen LogP contribution < -0.4 is 16.3 Å². The molecule has 1 aromatic heterocycles. The summed E-state index contributed by atoms with van der Waals surface area (Å²) in [6, 6.07) is 4.81. The van der Waals surface area contributed by atoms with E-state index in [0.29, 0.717) is 29.9 Å². The molecule has 1 fully saturated rings. The van der Waals surface area contributed by atoms with Gasteiger partial charge in [0, 0.05) is 25.9 Å². The van der Waals surface area contributed by atoms with Crippen molar-refractivity contribution in [2.45, 2.75) is 18.9 Å². The molecule has 122 valence electrons. The highest BCUT2D eigenvalue weighted by Crippen LogP contribution is 2.27. The van der Waals surface area contributed by atoms with Crippen molar-refractivity contribution in [3.05, 3.63) is 28.7 Å². The zero-order valence-electron chi connectivity index (χ0n) is 12.6. The molecule has 2 heterocycles. The molecule has 1 saturated heterocycles. The number of carbonyl (C=O) groups excluding carboxylic acids is 2. The van der Waals surface area contributed by atoms with E-state index in [9.17, 15) is 14.4 Å². The molecule has 0 radical (unpaired) electrons. The summed E-state index contributed by atoms with van der Waals surface area (Å²) in [4.78, 5) is 36.1. The fourth-order valence-corrected chi connectivity index (χ4v) is 3.09. The smallest absolute Gasteiger partial charge is 0.329 e. The van der Waals surface area contributed by atoms with Crippen LogP contribution >= 0.6 is 11.6 Å². The van der Waals surface area contributed by atoms with Crippen molar-refractivity contribution < 1.29 is 9.59 Å². The van der Waals surface area contributed by atoms with Gasteiger partial charge in [-0.2, -0.15) is 0 Å². The minimum absolute atomic E-state index is 0.226. The average Bonchev–Trinajstić information content (AvgIpc) is 2.78. The maximum Gasteiger partial charge on any atom is 0.329 e. The van der Waals surface area contributed by atoms with Crippen molar-refractivity contribution in [1.82, 2.24) is 14.5 Å². The number of piperidine rings is 1. The number of hydrogen-bond acceptors (Lipinski definition) is 4. The number of alkyl halides is 1. The number of halogens is 1. The number of nitrogens with one attached hydrogen (secondary N) is 2. The van der Waals surface area contributed by atoms with Crippen LogP contribution in [0.1, 0.15) is 18.9 Å². The van der Waals surface area contributed by atoms with E-state index < -0.39 is 11.9 Å². The van der Waals surface area contributed by atoms with Crippen LogP contribution in [0, 0.1) is 0 Å². The van der Waals surface area contributed by atoms with Gasteiger partial charge in [0.1, 0.15) is 6.04 Å². The van der Waals surface area contributed by atoms with Crippen LogP contribution in [0.15, 0.2) is 23.0 Å². The highest BCUT2D eigenvalue weighted by molar-refractivity contribution is 6.18. The molecule has 0 aliphatic carbocycles. The quantitative estimate of drug-likeness (QED) is 0.643. The molecule has 1 aliphatic rings. The molecule has 0 bridgehead atoms. The highest BCUT2D eigenvalue weighted by atomic mass is 35.5. The first-order chi connectivity index (χ1) is 11.0. The minimum atomic E-state index is -0.674. The molecule has 0 saturated carbocycles. The lowest BCUT2D eigenvalue weighted by Crippen LogP contribution is -2.44. The van der Waals surface area contributed by atoms with E-state index in [-0.39, 0.29) is 18.0 Å². The molecule has 0 spiro atoms. The number of fused-ring (bicyclic) bond motifs is 1. The third-order valence-corrected chi connectivity index (χ3v) is 4.22. The van der Waals surface area contributed by atoms with E-state index in [4.69, 9.17) is 11.6 Å². The lowest BCUT2D eigenvalue weighted by Gasteiger charge is -2.22. The maximum atomic E-state index is 12.6. The first-order valence-electron chi connectivity index (χ1n) is 7.38. The number of imide groups is 1. The van der Waals surface area contributed by atoms with Gasteiger partial charge in [0.2, 0.25) is 11.8 Å². The zero-order valence-corrected chi connectivity index (χ0v) is 13.4. The lowest BCUT2D eigenvalue weighted by molar-refractivity contribution is -0.135. The van der Waals surface area contributed by atoms with Crippen molar-refractivity contribution in [2.24, 2.45) is 7.05 Å².